The Kier molecular flexibility index (Phi) is 5.90. The van der Waals surface area contributed by atoms with Crippen molar-refractivity contribution in [1.29, 1.82) is 0 Å². The number of nitrogens with zero attached hydrogens (tertiary/aromatic N) is 4. The molecule has 0 aliphatic carbocycles. The van der Waals surface area contributed by atoms with Crippen molar-refractivity contribution in [1.82, 2.24) is 14.3 Å². The lowest BCUT2D eigenvalue weighted by Gasteiger charge is -2.14. The number of aliphatic imine (C=N–C) groups is 1. The van der Waals surface area contributed by atoms with Gasteiger partial charge in [0, 0.05) is 19.8 Å². The number of halogens is 1. The zero-order chi connectivity index (χ0) is 16.1. The Morgan fingerprint density at radius 3 is 2.95 bits per heavy atom. The van der Waals surface area contributed by atoms with Crippen LogP contribution in [0.15, 0.2) is 27.8 Å². The van der Waals surface area contributed by atoms with Crippen molar-refractivity contribution in [2.45, 2.75) is 26.9 Å². The van der Waals surface area contributed by atoms with Gasteiger partial charge in [0.15, 0.2) is 0 Å². The molecule has 0 aliphatic heterocycles. The molecule has 1 unspecified atom stereocenters. The van der Waals surface area contributed by atoms with Gasteiger partial charge >= 0.3 is 0 Å². The summed E-state index contributed by atoms with van der Waals surface area (Å²) < 4.78 is 10.8. The third kappa shape index (κ3) is 4.27. The van der Waals surface area contributed by atoms with Crippen molar-refractivity contribution in [3.05, 3.63) is 33.4 Å². The lowest BCUT2D eigenvalue weighted by molar-refractivity contribution is 0.219. The Labute approximate surface area is 143 Å². The molecule has 0 aliphatic rings. The van der Waals surface area contributed by atoms with Crippen LogP contribution >= 0.6 is 27.5 Å². The Bertz CT molecular complexity index is 645. The van der Waals surface area contributed by atoms with Gasteiger partial charge in [-0.1, -0.05) is 0 Å². The van der Waals surface area contributed by atoms with E-state index in [-0.39, 0.29) is 6.10 Å². The predicted molar refractivity (Wildman–Crippen MR) is 94.3 cm³/mol. The summed E-state index contributed by atoms with van der Waals surface area (Å²) >= 11 is 4.94. The topological polar surface area (TPSA) is 50.6 Å². The highest BCUT2D eigenvalue weighted by atomic mass is 79.9. The molecule has 5 nitrogen and oxygen atoms in total. The number of rotatable bonds is 6. The average Bonchev–Trinajstić information content (AvgIpc) is 3.03. The van der Waals surface area contributed by atoms with Crippen LogP contribution in [0.5, 0.6) is 5.88 Å². The van der Waals surface area contributed by atoms with Crippen LogP contribution < -0.4 is 4.74 Å². The molecule has 0 saturated carbocycles. The summed E-state index contributed by atoms with van der Waals surface area (Å²) in [4.78, 5) is 12.0. The monoisotopic (exact) mass is 382 g/mol. The first-order valence-electron chi connectivity index (χ1n) is 7.00. The largest absolute Gasteiger partial charge is 0.468 e. The van der Waals surface area contributed by atoms with E-state index in [1.807, 2.05) is 37.9 Å². The summed E-state index contributed by atoms with van der Waals surface area (Å²) in [7, 11) is 1.98. The van der Waals surface area contributed by atoms with Gasteiger partial charge in [0.1, 0.15) is 6.10 Å². The summed E-state index contributed by atoms with van der Waals surface area (Å²) in [5.41, 5.74) is 1.65. The van der Waals surface area contributed by atoms with Crippen LogP contribution in [0.1, 0.15) is 30.5 Å². The third-order valence-corrected chi connectivity index (χ3v) is 4.62. The van der Waals surface area contributed by atoms with Crippen LogP contribution in [0.3, 0.4) is 0 Å². The van der Waals surface area contributed by atoms with Gasteiger partial charge in [0.2, 0.25) is 5.88 Å². The van der Waals surface area contributed by atoms with Crippen molar-refractivity contribution in [3.63, 3.8) is 0 Å². The molecule has 7 heteroatoms. The fourth-order valence-corrected chi connectivity index (χ4v) is 2.63. The van der Waals surface area contributed by atoms with E-state index in [0.717, 1.165) is 27.3 Å². The maximum atomic E-state index is 5.92. The van der Waals surface area contributed by atoms with E-state index in [0.29, 0.717) is 5.88 Å². The second-order valence-electron chi connectivity index (χ2n) is 4.87. The molecule has 0 N–H and O–H groups in total. The maximum absolute atomic E-state index is 5.92. The highest BCUT2D eigenvalue weighted by Crippen LogP contribution is 2.32. The molecule has 22 heavy (non-hydrogen) atoms. The SMILES string of the molecule is CCN(C)/C=N/c1cc(Br)c(OC(C)c2ccns2)nc1C. The highest BCUT2D eigenvalue weighted by molar-refractivity contribution is 9.10. The van der Waals surface area contributed by atoms with E-state index in [1.165, 1.54) is 11.5 Å². The Hall–Kier alpha value is -1.47. The van der Waals surface area contributed by atoms with E-state index >= 15 is 0 Å². The number of pyridine rings is 1. The molecule has 2 aromatic heterocycles. The summed E-state index contributed by atoms with van der Waals surface area (Å²) in [5.74, 6) is 0.571. The first-order valence-corrected chi connectivity index (χ1v) is 8.56. The molecule has 2 aromatic rings. The van der Waals surface area contributed by atoms with Crippen molar-refractivity contribution >= 4 is 39.5 Å². The molecule has 0 fully saturated rings. The van der Waals surface area contributed by atoms with Gasteiger partial charge in [0.05, 0.1) is 27.1 Å². The third-order valence-electron chi connectivity index (χ3n) is 3.15. The maximum Gasteiger partial charge on any atom is 0.228 e. The summed E-state index contributed by atoms with van der Waals surface area (Å²) in [5, 5.41) is 0. The molecular weight excluding hydrogens is 364 g/mol. The fraction of sp³-hybridized carbons (Fsp3) is 0.400. The number of aryl methyl sites for hydroxylation is 1. The summed E-state index contributed by atoms with van der Waals surface area (Å²) in [6.07, 6.45) is 3.49. The van der Waals surface area contributed by atoms with Gasteiger partial charge in [-0.2, -0.15) is 0 Å². The van der Waals surface area contributed by atoms with Crippen molar-refractivity contribution < 1.29 is 4.74 Å². The van der Waals surface area contributed by atoms with Crippen LogP contribution in [0.25, 0.3) is 0 Å². The Morgan fingerprint density at radius 2 is 2.32 bits per heavy atom. The lowest BCUT2D eigenvalue weighted by Crippen LogP contribution is -2.14. The average molecular weight is 383 g/mol. The summed E-state index contributed by atoms with van der Waals surface area (Å²) in [6.45, 7) is 6.89. The molecule has 0 amide bonds. The van der Waals surface area contributed by atoms with Crippen LogP contribution in [0.4, 0.5) is 5.69 Å². The first-order chi connectivity index (χ1) is 10.5. The van der Waals surface area contributed by atoms with Gasteiger partial charge in [-0.3, -0.25) is 0 Å². The predicted octanol–water partition coefficient (Wildman–Crippen LogP) is 4.36. The molecule has 0 spiro atoms. The fourth-order valence-electron chi connectivity index (χ4n) is 1.67. The van der Waals surface area contributed by atoms with Gasteiger partial charge in [-0.05, 0) is 60.4 Å². The van der Waals surface area contributed by atoms with Gasteiger partial charge in [0.25, 0.3) is 0 Å². The Balaban J connectivity index is 2.17. The minimum atomic E-state index is -0.0868. The van der Waals surface area contributed by atoms with Crippen LogP contribution in [0, 0.1) is 6.92 Å². The quantitative estimate of drug-likeness (QED) is 0.549. The lowest BCUT2D eigenvalue weighted by atomic mass is 10.3. The van der Waals surface area contributed by atoms with Crippen molar-refractivity contribution in [2.75, 3.05) is 13.6 Å². The van der Waals surface area contributed by atoms with Crippen LogP contribution in [-0.4, -0.2) is 34.2 Å². The number of aromatic nitrogens is 2. The van der Waals surface area contributed by atoms with Crippen LogP contribution in [-0.2, 0) is 0 Å². The molecule has 1 atom stereocenters. The van der Waals surface area contributed by atoms with Gasteiger partial charge in [-0.25, -0.2) is 14.3 Å². The minimum absolute atomic E-state index is 0.0868. The zero-order valence-corrected chi connectivity index (χ0v) is 15.5. The van der Waals surface area contributed by atoms with E-state index in [2.05, 4.69) is 37.2 Å². The standard InChI is InChI=1S/C15H19BrN4OS/c1-5-20(4)9-17-13-8-12(16)15(19-10(13)2)21-11(3)14-6-7-18-22-14/h6-9,11H,5H2,1-4H3/b17-9+. The van der Waals surface area contributed by atoms with Gasteiger partial charge < -0.3 is 9.64 Å². The van der Waals surface area contributed by atoms with Crippen molar-refractivity contribution in [2.24, 2.45) is 4.99 Å². The molecule has 0 bridgehead atoms. The van der Waals surface area contributed by atoms with Crippen LogP contribution in [0.2, 0.25) is 0 Å². The second-order valence-corrected chi connectivity index (χ2v) is 6.59. The minimum Gasteiger partial charge on any atom is -0.468 e. The number of ether oxygens (including phenoxy) is 1. The zero-order valence-electron chi connectivity index (χ0n) is 13.1. The van der Waals surface area contributed by atoms with Gasteiger partial charge in [-0.15, -0.1) is 0 Å². The number of hydrogen-bond acceptors (Lipinski definition) is 5. The molecule has 118 valence electrons. The molecular formula is C15H19BrN4OS. The second kappa shape index (κ2) is 7.69. The highest BCUT2D eigenvalue weighted by Gasteiger charge is 2.14. The molecule has 2 heterocycles. The smallest absolute Gasteiger partial charge is 0.228 e. The van der Waals surface area contributed by atoms with Crippen molar-refractivity contribution in [3.8, 4) is 5.88 Å². The van der Waals surface area contributed by atoms with E-state index < -0.39 is 0 Å². The van der Waals surface area contributed by atoms with E-state index in [9.17, 15) is 0 Å². The molecule has 0 aromatic carbocycles. The molecule has 0 saturated heterocycles. The van der Waals surface area contributed by atoms with E-state index in [4.69, 9.17) is 4.74 Å². The normalized spacial score (nSPS) is 12.6. The first kappa shape index (κ1) is 16.9. The van der Waals surface area contributed by atoms with E-state index in [1.54, 1.807) is 12.5 Å². The molecule has 0 radical (unpaired) electrons. The molecule has 2 rings (SSSR count). The summed E-state index contributed by atoms with van der Waals surface area (Å²) in [6, 6.07) is 3.88. The Morgan fingerprint density at radius 1 is 1.55 bits per heavy atom. The number of hydrogen-bond donors (Lipinski definition) is 0.